The zero-order chi connectivity index (χ0) is 17.1. The molecule has 0 bridgehead atoms. The zero-order valence-electron chi connectivity index (χ0n) is 14.0. The molecule has 1 atom stereocenters. The summed E-state index contributed by atoms with van der Waals surface area (Å²) in [5.74, 6) is 0.935. The summed E-state index contributed by atoms with van der Waals surface area (Å²) < 4.78 is 4.86. The first-order valence-corrected chi connectivity index (χ1v) is 7.34. The van der Waals surface area contributed by atoms with E-state index >= 15 is 0 Å². The smallest absolute Gasteiger partial charge is 0.144 e. The number of aliphatic hydroxyl groups is 1. The number of carbonyl (C=O) groups is 1. The quantitative estimate of drug-likeness (QED) is 0.312. The average Bonchev–Trinajstić information content (AvgIpc) is 2.52. The Balaban J connectivity index is -0.000000240. The average molecular weight is 299 g/mol. The fraction of sp³-hybridized carbons (Fsp3) is 0.588. The molecule has 0 heterocycles. The van der Waals surface area contributed by atoms with E-state index in [1.807, 2.05) is 6.92 Å². The molecule has 0 aromatic carbocycles. The molecular formula is C17H33NO3. The molecule has 3 N–H and O–H groups in total. The van der Waals surface area contributed by atoms with Crippen molar-refractivity contribution in [2.75, 3.05) is 13.2 Å². The van der Waals surface area contributed by atoms with E-state index < -0.39 is 6.10 Å². The monoisotopic (exact) mass is 299 g/mol. The summed E-state index contributed by atoms with van der Waals surface area (Å²) in [6, 6.07) is 0. The van der Waals surface area contributed by atoms with Crippen molar-refractivity contribution in [1.82, 2.24) is 0 Å². The number of aldehydes is 1. The third kappa shape index (κ3) is 24.1. The molecule has 4 nitrogen and oxygen atoms in total. The van der Waals surface area contributed by atoms with Crippen molar-refractivity contribution in [1.29, 1.82) is 0 Å². The molecule has 1 unspecified atom stereocenters. The first-order chi connectivity index (χ1) is 9.94. The third-order valence-corrected chi connectivity index (χ3v) is 2.66. The lowest BCUT2D eigenvalue weighted by atomic mass is 10.1. The number of aliphatic hydroxyl groups excluding tert-OH is 1. The molecule has 0 aliphatic rings. The van der Waals surface area contributed by atoms with Crippen LogP contribution < -0.4 is 5.73 Å². The summed E-state index contributed by atoms with van der Waals surface area (Å²) >= 11 is 0. The summed E-state index contributed by atoms with van der Waals surface area (Å²) in [6.45, 7) is 16.9. The van der Waals surface area contributed by atoms with Gasteiger partial charge in [-0.15, -0.1) is 13.2 Å². The van der Waals surface area contributed by atoms with Gasteiger partial charge in [0.1, 0.15) is 12.4 Å². The lowest BCUT2D eigenvalue weighted by Gasteiger charge is -2.01. The van der Waals surface area contributed by atoms with Gasteiger partial charge in [0, 0.05) is 12.3 Å². The maximum Gasteiger partial charge on any atom is 0.144 e. The molecular weight excluding hydrogens is 266 g/mol. The predicted molar refractivity (Wildman–Crippen MR) is 91.0 cm³/mol. The Labute approximate surface area is 130 Å². The summed E-state index contributed by atoms with van der Waals surface area (Å²) in [7, 11) is 0. The second kappa shape index (κ2) is 20.9. The van der Waals surface area contributed by atoms with Gasteiger partial charge in [0.15, 0.2) is 0 Å². The highest BCUT2D eigenvalue weighted by Gasteiger charge is 1.98. The van der Waals surface area contributed by atoms with Gasteiger partial charge in [-0.1, -0.05) is 45.8 Å². The highest BCUT2D eigenvalue weighted by atomic mass is 16.5. The zero-order valence-corrected chi connectivity index (χ0v) is 14.0. The van der Waals surface area contributed by atoms with Gasteiger partial charge in [-0.05, 0) is 18.9 Å². The maximum atomic E-state index is 9.73. The highest BCUT2D eigenvalue weighted by Crippen LogP contribution is 2.02. The van der Waals surface area contributed by atoms with E-state index in [1.54, 1.807) is 6.08 Å². The number of ether oxygens (including phenoxy) is 1. The summed E-state index contributed by atoms with van der Waals surface area (Å²) in [5.41, 5.74) is 5.26. The molecule has 4 heteroatoms. The summed E-state index contributed by atoms with van der Waals surface area (Å²) in [5, 5.41) is 8.79. The molecule has 0 saturated carbocycles. The molecule has 0 saturated heterocycles. The minimum absolute atomic E-state index is 0.111. The normalized spacial score (nSPS) is 11.4. The Bertz CT molecular complexity index is 271. The van der Waals surface area contributed by atoms with E-state index in [2.05, 4.69) is 33.9 Å². The number of allylic oxidation sites excluding steroid dienone is 1. The van der Waals surface area contributed by atoms with Crippen molar-refractivity contribution in [3.63, 3.8) is 0 Å². The van der Waals surface area contributed by atoms with Crippen molar-refractivity contribution in [2.45, 2.75) is 46.6 Å². The molecule has 0 aliphatic carbocycles. The number of rotatable bonds is 8. The van der Waals surface area contributed by atoms with Crippen LogP contribution in [0.25, 0.3) is 0 Å². The van der Waals surface area contributed by atoms with Gasteiger partial charge < -0.3 is 15.6 Å². The SMILES string of the molecule is C=CC(O)/C(N)=C/C=O.C=CCOCC.CCC(C)CC. The van der Waals surface area contributed by atoms with Crippen LogP contribution in [0.5, 0.6) is 0 Å². The lowest BCUT2D eigenvalue weighted by Crippen LogP contribution is -2.14. The Hall–Kier alpha value is -1.39. The maximum absolute atomic E-state index is 9.73. The summed E-state index contributed by atoms with van der Waals surface area (Å²) in [4.78, 5) is 9.73. The van der Waals surface area contributed by atoms with Gasteiger partial charge in [-0.3, -0.25) is 4.79 Å². The summed E-state index contributed by atoms with van der Waals surface area (Å²) in [6.07, 6.45) is 6.34. The van der Waals surface area contributed by atoms with Crippen LogP contribution in [-0.4, -0.2) is 30.7 Å². The number of hydrogen-bond donors (Lipinski definition) is 2. The van der Waals surface area contributed by atoms with Crippen LogP contribution in [0.2, 0.25) is 0 Å². The van der Waals surface area contributed by atoms with E-state index in [1.165, 1.54) is 18.9 Å². The van der Waals surface area contributed by atoms with Gasteiger partial charge in [0.05, 0.1) is 6.61 Å². The molecule has 0 amide bonds. The van der Waals surface area contributed by atoms with Crippen LogP contribution in [0.1, 0.15) is 40.5 Å². The molecule has 0 rings (SSSR count). The van der Waals surface area contributed by atoms with E-state index in [0.717, 1.165) is 18.6 Å². The lowest BCUT2D eigenvalue weighted by molar-refractivity contribution is -0.104. The Morgan fingerprint density at radius 3 is 2.00 bits per heavy atom. The molecule has 124 valence electrons. The van der Waals surface area contributed by atoms with Gasteiger partial charge in [0.2, 0.25) is 0 Å². The van der Waals surface area contributed by atoms with Crippen molar-refractivity contribution < 1.29 is 14.6 Å². The van der Waals surface area contributed by atoms with Crippen LogP contribution in [0.4, 0.5) is 0 Å². The molecule has 21 heavy (non-hydrogen) atoms. The van der Waals surface area contributed by atoms with E-state index in [9.17, 15) is 4.79 Å². The third-order valence-electron chi connectivity index (χ3n) is 2.66. The first-order valence-electron chi connectivity index (χ1n) is 7.34. The number of carbonyl (C=O) groups excluding carboxylic acids is 1. The molecule has 0 aromatic heterocycles. The predicted octanol–water partition coefficient (Wildman–Crippen LogP) is 3.23. The van der Waals surface area contributed by atoms with Crippen molar-refractivity contribution >= 4 is 6.29 Å². The van der Waals surface area contributed by atoms with Crippen molar-refractivity contribution in [3.8, 4) is 0 Å². The molecule has 0 spiro atoms. The Morgan fingerprint density at radius 2 is 1.81 bits per heavy atom. The van der Waals surface area contributed by atoms with E-state index in [4.69, 9.17) is 15.6 Å². The fourth-order valence-corrected chi connectivity index (χ4v) is 0.803. The van der Waals surface area contributed by atoms with Crippen LogP contribution in [0, 0.1) is 5.92 Å². The van der Waals surface area contributed by atoms with Crippen LogP contribution in [-0.2, 0) is 9.53 Å². The minimum atomic E-state index is -0.907. The minimum Gasteiger partial charge on any atom is -0.400 e. The van der Waals surface area contributed by atoms with E-state index in [-0.39, 0.29) is 5.70 Å². The second-order valence-corrected chi connectivity index (χ2v) is 4.35. The second-order valence-electron chi connectivity index (χ2n) is 4.35. The molecule has 0 fully saturated rings. The van der Waals surface area contributed by atoms with Crippen LogP contribution in [0.3, 0.4) is 0 Å². The first kappa shape index (κ1) is 24.6. The number of nitrogens with two attached hydrogens (primary N) is 1. The van der Waals surface area contributed by atoms with Gasteiger partial charge in [-0.25, -0.2) is 0 Å². The molecule has 0 radical (unpaired) electrons. The van der Waals surface area contributed by atoms with Gasteiger partial charge in [-0.2, -0.15) is 0 Å². The standard InChI is InChI=1S/C6H9NO2.C6H14.C5H10O/c1-2-6(9)5(7)3-4-8;1-4-6(3)5-2;1-3-5-6-4-2/h2-4,6,9H,1,7H2;6H,4-5H2,1-3H3;3H,1,4-5H2,2H3/b5-3-;;. The van der Waals surface area contributed by atoms with Crippen LogP contribution in [0.15, 0.2) is 37.1 Å². The molecule has 0 aliphatic heterocycles. The van der Waals surface area contributed by atoms with Gasteiger partial charge in [0.25, 0.3) is 0 Å². The Morgan fingerprint density at radius 1 is 1.29 bits per heavy atom. The van der Waals surface area contributed by atoms with Crippen molar-refractivity contribution in [3.05, 3.63) is 37.1 Å². The van der Waals surface area contributed by atoms with E-state index in [0.29, 0.717) is 12.9 Å². The number of hydrogen-bond acceptors (Lipinski definition) is 4. The highest BCUT2D eigenvalue weighted by molar-refractivity contribution is 5.66. The largest absolute Gasteiger partial charge is 0.400 e. The molecule has 0 aromatic rings. The fourth-order valence-electron chi connectivity index (χ4n) is 0.803. The Kier molecular flexibility index (Phi) is 24.5. The van der Waals surface area contributed by atoms with Gasteiger partial charge >= 0.3 is 0 Å². The topological polar surface area (TPSA) is 72.5 Å². The van der Waals surface area contributed by atoms with Crippen LogP contribution >= 0.6 is 0 Å². The van der Waals surface area contributed by atoms with Crippen molar-refractivity contribution in [2.24, 2.45) is 11.7 Å².